The summed E-state index contributed by atoms with van der Waals surface area (Å²) < 4.78 is 0. The van der Waals surface area contributed by atoms with E-state index in [9.17, 15) is 39.6 Å². The molecule has 2 fully saturated rings. The predicted molar refractivity (Wildman–Crippen MR) is 157 cm³/mol. The molecule has 1 aliphatic carbocycles. The van der Waals surface area contributed by atoms with Crippen molar-refractivity contribution < 1.29 is 39.6 Å². The summed E-state index contributed by atoms with van der Waals surface area (Å²) in [4.78, 5) is 51.0. The second-order valence-electron chi connectivity index (χ2n) is 9.98. The largest absolute Gasteiger partial charge is 0.507 e. The molecule has 3 aliphatic rings. The lowest BCUT2D eigenvalue weighted by atomic mass is 9.83. The summed E-state index contributed by atoms with van der Waals surface area (Å²) in [5.41, 5.74) is -0.665. The number of carbonyl (C=O) groups excluding carboxylic acids is 4. The molecule has 2 aliphatic heterocycles. The number of amides is 2. The zero-order valence-corrected chi connectivity index (χ0v) is 23.5. The Morgan fingerprint density at radius 3 is 1.64 bits per heavy atom. The molecule has 0 radical (unpaired) electrons. The first-order chi connectivity index (χ1) is 20.1. The standard InChI is InChI=1S/C32H36N2O8/c1-33-23(19-35)29(39)27(31(33)41)25(37)17-9-5-3-7-13-21-15-11-12-16-22(21)14-8-4-6-10-18-26(38)28-30(40)24(20-36)34(2)32(28)42/h3-11,13-15,17-18,21-24,35-38H,12,16,19-20H2,1-2H3/b5-3+,6-4+,13-7+,14-8+,17-9+,18-10+,27-25-,28-26-/t21-,22-,23-,24-/m0/s1. The molecule has 0 aromatic rings. The maximum Gasteiger partial charge on any atom is 0.261 e. The molecule has 4 atom stereocenters. The Kier molecular flexibility index (Phi) is 11.3. The van der Waals surface area contributed by atoms with E-state index in [1.165, 1.54) is 38.4 Å². The molecular formula is C32H36N2O8. The normalized spacial score (nSPS) is 28.2. The molecule has 0 aromatic heterocycles. The van der Waals surface area contributed by atoms with Crippen LogP contribution < -0.4 is 0 Å². The summed E-state index contributed by atoms with van der Waals surface area (Å²) in [5.74, 6) is -2.95. The Balaban J connectivity index is 1.56. The molecule has 0 spiro atoms. The van der Waals surface area contributed by atoms with Crippen molar-refractivity contribution in [3.63, 3.8) is 0 Å². The van der Waals surface area contributed by atoms with E-state index < -0.39 is 60.2 Å². The maximum atomic E-state index is 12.2. The van der Waals surface area contributed by atoms with E-state index in [4.69, 9.17) is 0 Å². The van der Waals surface area contributed by atoms with Gasteiger partial charge in [-0.1, -0.05) is 72.9 Å². The van der Waals surface area contributed by atoms with Gasteiger partial charge in [-0.05, 0) is 30.9 Å². The lowest BCUT2D eigenvalue weighted by molar-refractivity contribution is -0.126. The van der Waals surface area contributed by atoms with Crippen LogP contribution in [0.2, 0.25) is 0 Å². The van der Waals surface area contributed by atoms with Gasteiger partial charge in [-0.3, -0.25) is 19.2 Å². The minimum absolute atomic E-state index is 0.160. The van der Waals surface area contributed by atoms with Crippen molar-refractivity contribution in [3.8, 4) is 0 Å². The Labute approximate surface area is 244 Å². The van der Waals surface area contributed by atoms with Crippen molar-refractivity contribution in [1.29, 1.82) is 0 Å². The molecule has 0 saturated carbocycles. The maximum absolute atomic E-state index is 12.2. The van der Waals surface area contributed by atoms with Crippen LogP contribution in [0.1, 0.15) is 12.8 Å². The highest BCUT2D eigenvalue weighted by atomic mass is 16.3. The highest BCUT2D eigenvalue weighted by Gasteiger charge is 2.43. The molecule has 0 aromatic carbocycles. The van der Waals surface area contributed by atoms with Crippen LogP contribution in [0.5, 0.6) is 0 Å². The van der Waals surface area contributed by atoms with E-state index in [1.54, 1.807) is 24.3 Å². The lowest BCUT2D eigenvalue weighted by Gasteiger charge is -2.22. The zero-order chi connectivity index (χ0) is 30.8. The van der Waals surface area contributed by atoms with Gasteiger partial charge in [-0.15, -0.1) is 0 Å². The van der Waals surface area contributed by atoms with Gasteiger partial charge in [-0.2, -0.15) is 0 Å². The number of aliphatic hydroxyl groups excluding tert-OH is 4. The van der Waals surface area contributed by atoms with Gasteiger partial charge in [0, 0.05) is 20.0 Å². The van der Waals surface area contributed by atoms with E-state index in [2.05, 4.69) is 18.2 Å². The van der Waals surface area contributed by atoms with Crippen LogP contribution in [0.15, 0.2) is 108 Å². The van der Waals surface area contributed by atoms with E-state index >= 15 is 0 Å². The van der Waals surface area contributed by atoms with Gasteiger partial charge in [0.1, 0.15) is 34.7 Å². The highest BCUT2D eigenvalue weighted by molar-refractivity contribution is 6.27. The van der Waals surface area contributed by atoms with Crippen LogP contribution in [0.4, 0.5) is 0 Å². The van der Waals surface area contributed by atoms with E-state index in [1.807, 2.05) is 18.2 Å². The quantitative estimate of drug-likeness (QED) is 0.102. The van der Waals surface area contributed by atoms with Gasteiger partial charge in [0.15, 0.2) is 11.6 Å². The number of ketones is 2. The Hall–Kier alpha value is -4.54. The second-order valence-corrected chi connectivity index (χ2v) is 9.98. The number of likely N-dealkylation sites (N-methyl/N-ethyl adjacent to an activating group) is 2. The fourth-order valence-corrected chi connectivity index (χ4v) is 4.84. The van der Waals surface area contributed by atoms with Crippen molar-refractivity contribution >= 4 is 23.4 Å². The minimum Gasteiger partial charge on any atom is -0.507 e. The minimum atomic E-state index is -0.977. The van der Waals surface area contributed by atoms with Crippen molar-refractivity contribution in [2.75, 3.05) is 27.3 Å². The topological polar surface area (TPSA) is 156 Å². The monoisotopic (exact) mass is 576 g/mol. The van der Waals surface area contributed by atoms with Crippen molar-refractivity contribution in [2.24, 2.45) is 11.8 Å². The molecule has 2 heterocycles. The molecule has 2 saturated heterocycles. The predicted octanol–water partition coefficient (Wildman–Crippen LogP) is 2.33. The van der Waals surface area contributed by atoms with Gasteiger partial charge in [0.05, 0.1) is 13.2 Å². The van der Waals surface area contributed by atoms with E-state index in [-0.39, 0.29) is 23.0 Å². The number of likely N-dealkylation sites (tertiary alicyclic amines) is 2. The number of Topliss-reactive ketones (excluding diaryl/α,β-unsaturated/α-hetero) is 2. The SMILES string of the molecule is CN1C(=O)/C(=C(O)/C=C/C=C/C=C/[C@H]2C=CCC[C@@H]2/C=C/C=C/C=C/C(O)=C2\C(=O)[C@H](CO)N(C)C2=O)C(=O)[C@@H]1CO. The molecule has 222 valence electrons. The third-order valence-electron chi connectivity index (χ3n) is 7.35. The molecule has 10 nitrogen and oxygen atoms in total. The molecule has 4 N–H and O–H groups in total. The number of hydrogen-bond acceptors (Lipinski definition) is 8. The van der Waals surface area contributed by atoms with Crippen molar-refractivity contribution in [2.45, 2.75) is 24.9 Å². The summed E-state index contributed by atoms with van der Waals surface area (Å²) in [5, 5.41) is 39.0. The van der Waals surface area contributed by atoms with E-state index in [0.29, 0.717) is 0 Å². The zero-order valence-electron chi connectivity index (χ0n) is 23.5. The number of carbonyl (C=O) groups is 4. The van der Waals surface area contributed by atoms with E-state index in [0.717, 1.165) is 22.6 Å². The molecule has 2 amide bonds. The number of hydrogen-bond donors (Lipinski definition) is 4. The Bertz CT molecular complexity index is 1360. The second kappa shape index (κ2) is 14.9. The van der Waals surface area contributed by atoms with Crippen LogP contribution >= 0.6 is 0 Å². The Morgan fingerprint density at radius 1 is 0.738 bits per heavy atom. The average Bonchev–Trinajstić information content (AvgIpc) is 3.33. The van der Waals surface area contributed by atoms with Crippen LogP contribution in [0, 0.1) is 11.8 Å². The summed E-state index contributed by atoms with van der Waals surface area (Å²) >= 11 is 0. The van der Waals surface area contributed by atoms with Crippen LogP contribution in [-0.4, -0.2) is 93.0 Å². The first-order valence-corrected chi connectivity index (χ1v) is 13.5. The van der Waals surface area contributed by atoms with Gasteiger partial charge in [-0.25, -0.2) is 0 Å². The first kappa shape index (κ1) is 32.0. The smallest absolute Gasteiger partial charge is 0.261 e. The van der Waals surface area contributed by atoms with Crippen LogP contribution in [-0.2, 0) is 19.2 Å². The molecule has 42 heavy (non-hydrogen) atoms. The van der Waals surface area contributed by atoms with Gasteiger partial charge in [0.25, 0.3) is 11.8 Å². The molecule has 3 rings (SSSR count). The third kappa shape index (κ3) is 7.20. The number of rotatable bonds is 10. The number of allylic oxidation sites excluding steroid dienone is 14. The van der Waals surface area contributed by atoms with Crippen LogP contribution in [0.3, 0.4) is 0 Å². The number of nitrogens with zero attached hydrogens (tertiary/aromatic N) is 2. The summed E-state index contributed by atoms with van der Waals surface area (Å²) in [6, 6.07) is -1.95. The van der Waals surface area contributed by atoms with Crippen LogP contribution in [0.25, 0.3) is 0 Å². The number of aliphatic hydroxyl groups is 4. The van der Waals surface area contributed by atoms with Crippen molar-refractivity contribution in [1.82, 2.24) is 9.80 Å². The molecular weight excluding hydrogens is 540 g/mol. The van der Waals surface area contributed by atoms with Gasteiger partial charge >= 0.3 is 0 Å². The lowest BCUT2D eigenvalue weighted by Crippen LogP contribution is -2.34. The summed E-state index contributed by atoms with van der Waals surface area (Å²) in [6.45, 7) is -1.02. The van der Waals surface area contributed by atoms with Crippen molar-refractivity contribution in [3.05, 3.63) is 108 Å². The summed E-state index contributed by atoms with van der Waals surface area (Å²) in [7, 11) is 2.80. The Morgan fingerprint density at radius 2 is 1.19 bits per heavy atom. The van der Waals surface area contributed by atoms with Gasteiger partial charge < -0.3 is 30.2 Å². The fraction of sp³-hybridized carbons (Fsp3) is 0.312. The first-order valence-electron chi connectivity index (χ1n) is 13.5. The van der Waals surface area contributed by atoms with Gasteiger partial charge in [0.2, 0.25) is 0 Å². The molecule has 0 bridgehead atoms. The molecule has 10 heteroatoms. The highest BCUT2D eigenvalue weighted by Crippen LogP contribution is 2.27. The molecule has 0 unspecified atom stereocenters. The average molecular weight is 577 g/mol. The summed E-state index contributed by atoms with van der Waals surface area (Å²) in [6.07, 6.45) is 26.5. The third-order valence-corrected chi connectivity index (χ3v) is 7.35. The fourth-order valence-electron chi connectivity index (χ4n) is 4.84.